The van der Waals surface area contributed by atoms with E-state index >= 15 is 0 Å². The van der Waals surface area contributed by atoms with Gasteiger partial charge in [-0.05, 0) is 26.7 Å². The smallest absolute Gasteiger partial charge is 0.407 e. The number of carbonyl (C=O) groups is 2. The Kier molecular flexibility index (Phi) is 3.57. The molecule has 2 aromatic rings. The third-order valence-electron chi connectivity index (χ3n) is 4.94. The highest BCUT2D eigenvalue weighted by Gasteiger charge is 2.45. The first-order chi connectivity index (χ1) is 11.9. The molecule has 8 nitrogen and oxygen atoms in total. The lowest BCUT2D eigenvalue weighted by atomic mass is 9.92. The first kappa shape index (κ1) is 16.1. The summed E-state index contributed by atoms with van der Waals surface area (Å²) in [4.78, 5) is 44.6. The summed E-state index contributed by atoms with van der Waals surface area (Å²) in [6.45, 7) is 4.96. The molecule has 9 heteroatoms. The van der Waals surface area contributed by atoms with Crippen molar-refractivity contribution in [3.05, 3.63) is 32.7 Å². The molecule has 1 N–H and O–H groups in total. The Labute approximate surface area is 147 Å². The summed E-state index contributed by atoms with van der Waals surface area (Å²) < 4.78 is 6.88. The van der Waals surface area contributed by atoms with Gasteiger partial charge in [0.25, 0.3) is 11.5 Å². The number of piperidine rings is 1. The van der Waals surface area contributed by atoms with Gasteiger partial charge in [0.05, 0.1) is 13.1 Å². The van der Waals surface area contributed by atoms with E-state index < -0.39 is 11.7 Å². The second-order valence-electron chi connectivity index (χ2n) is 6.60. The predicted octanol–water partition coefficient (Wildman–Crippen LogP) is 1.09. The third kappa shape index (κ3) is 2.50. The zero-order valence-corrected chi connectivity index (χ0v) is 14.8. The molecule has 0 unspecified atom stereocenters. The number of aromatic nitrogens is 2. The van der Waals surface area contributed by atoms with Gasteiger partial charge in [-0.25, -0.2) is 9.78 Å². The summed E-state index contributed by atoms with van der Waals surface area (Å²) >= 11 is 1.43. The average molecular weight is 362 g/mol. The van der Waals surface area contributed by atoms with Crippen molar-refractivity contribution in [2.24, 2.45) is 0 Å². The molecule has 0 bridgehead atoms. The van der Waals surface area contributed by atoms with E-state index in [9.17, 15) is 14.4 Å². The second kappa shape index (κ2) is 5.55. The van der Waals surface area contributed by atoms with Gasteiger partial charge in [0.1, 0.15) is 11.2 Å². The van der Waals surface area contributed by atoms with Crippen LogP contribution >= 0.6 is 11.3 Å². The molecule has 2 aromatic heterocycles. The maximum atomic E-state index is 12.9. The number of rotatable bonds is 1. The van der Waals surface area contributed by atoms with E-state index in [-0.39, 0.29) is 23.6 Å². The number of alkyl carbamates (subject to hydrolysis) is 1. The van der Waals surface area contributed by atoms with Crippen molar-refractivity contribution in [3.8, 4) is 0 Å². The number of hydrogen-bond donors (Lipinski definition) is 1. The van der Waals surface area contributed by atoms with Gasteiger partial charge in [-0.3, -0.25) is 14.0 Å². The molecule has 2 aliphatic rings. The largest absolute Gasteiger partial charge is 0.439 e. The van der Waals surface area contributed by atoms with Crippen molar-refractivity contribution < 1.29 is 14.3 Å². The molecule has 2 amide bonds. The van der Waals surface area contributed by atoms with Gasteiger partial charge in [0.15, 0.2) is 4.96 Å². The minimum Gasteiger partial charge on any atom is -0.439 e. The zero-order valence-electron chi connectivity index (χ0n) is 14.0. The normalized spacial score (nSPS) is 23.1. The summed E-state index contributed by atoms with van der Waals surface area (Å²) in [5, 5.41) is 2.65. The molecule has 2 saturated heterocycles. The second-order valence-corrected chi connectivity index (χ2v) is 7.78. The van der Waals surface area contributed by atoms with Crippen molar-refractivity contribution in [1.82, 2.24) is 19.6 Å². The van der Waals surface area contributed by atoms with Crippen LogP contribution in [-0.2, 0) is 4.74 Å². The number of nitrogens with zero attached hydrogens (tertiary/aromatic N) is 3. The SMILES string of the molecule is Cc1sc2ncc(C(=O)N3CCC[C@]4(CNC(=O)O4)C3)c(=O)n2c1C. The minimum absolute atomic E-state index is 0.0488. The third-order valence-corrected chi connectivity index (χ3v) is 6.01. The lowest BCUT2D eigenvalue weighted by Crippen LogP contribution is -2.53. The summed E-state index contributed by atoms with van der Waals surface area (Å²) in [5.74, 6) is -0.364. The highest BCUT2D eigenvalue weighted by Crippen LogP contribution is 2.28. The van der Waals surface area contributed by atoms with Crippen LogP contribution in [0, 0.1) is 13.8 Å². The van der Waals surface area contributed by atoms with E-state index in [0.717, 1.165) is 10.6 Å². The first-order valence-corrected chi connectivity index (χ1v) is 8.96. The lowest BCUT2D eigenvalue weighted by Gasteiger charge is -2.38. The van der Waals surface area contributed by atoms with Gasteiger partial charge in [0, 0.05) is 23.3 Å². The molecular formula is C16H18N4O4S. The molecule has 4 rings (SSSR count). The quantitative estimate of drug-likeness (QED) is 0.820. The molecule has 4 heterocycles. The Hall–Kier alpha value is -2.42. The number of thiazole rings is 1. The van der Waals surface area contributed by atoms with E-state index in [1.165, 1.54) is 21.9 Å². The van der Waals surface area contributed by atoms with Crippen molar-refractivity contribution in [2.75, 3.05) is 19.6 Å². The molecule has 25 heavy (non-hydrogen) atoms. The molecule has 1 atom stereocenters. The Morgan fingerprint density at radius 3 is 2.92 bits per heavy atom. The number of likely N-dealkylation sites (tertiary alicyclic amines) is 1. The lowest BCUT2D eigenvalue weighted by molar-refractivity contribution is -0.00512. The molecule has 0 saturated carbocycles. The van der Waals surface area contributed by atoms with Gasteiger partial charge >= 0.3 is 6.09 Å². The van der Waals surface area contributed by atoms with Crippen LogP contribution < -0.4 is 10.9 Å². The first-order valence-electron chi connectivity index (χ1n) is 8.14. The maximum absolute atomic E-state index is 12.9. The van der Waals surface area contributed by atoms with Crippen LogP contribution in [0.1, 0.15) is 33.8 Å². The van der Waals surface area contributed by atoms with Crippen LogP contribution in [-0.4, -0.2) is 51.5 Å². The fourth-order valence-corrected chi connectivity index (χ4v) is 4.42. The van der Waals surface area contributed by atoms with Crippen LogP contribution in [0.25, 0.3) is 4.96 Å². The zero-order chi connectivity index (χ0) is 17.8. The van der Waals surface area contributed by atoms with Crippen LogP contribution in [0.5, 0.6) is 0 Å². The average Bonchev–Trinajstić information content (AvgIpc) is 3.08. The van der Waals surface area contributed by atoms with E-state index in [1.54, 1.807) is 4.90 Å². The number of fused-ring (bicyclic) bond motifs is 1. The summed E-state index contributed by atoms with van der Waals surface area (Å²) in [5.41, 5.74) is -0.185. The number of aryl methyl sites for hydroxylation is 2. The fraction of sp³-hybridized carbons (Fsp3) is 0.500. The topological polar surface area (TPSA) is 93.0 Å². The molecule has 1 spiro atoms. The highest BCUT2D eigenvalue weighted by molar-refractivity contribution is 7.17. The van der Waals surface area contributed by atoms with E-state index in [1.807, 2.05) is 13.8 Å². The van der Waals surface area contributed by atoms with Gasteiger partial charge in [-0.2, -0.15) is 0 Å². The number of amides is 2. The summed E-state index contributed by atoms with van der Waals surface area (Å²) in [6, 6.07) is 0. The molecule has 2 aliphatic heterocycles. The van der Waals surface area contributed by atoms with Crippen LogP contribution in [0.2, 0.25) is 0 Å². The summed E-state index contributed by atoms with van der Waals surface area (Å²) in [7, 11) is 0. The molecule has 0 aromatic carbocycles. The van der Waals surface area contributed by atoms with E-state index in [2.05, 4.69) is 10.3 Å². The van der Waals surface area contributed by atoms with E-state index in [4.69, 9.17) is 4.74 Å². The Morgan fingerprint density at radius 2 is 2.20 bits per heavy atom. The van der Waals surface area contributed by atoms with E-state index in [0.29, 0.717) is 30.9 Å². The van der Waals surface area contributed by atoms with Crippen molar-refractivity contribution in [2.45, 2.75) is 32.3 Å². The van der Waals surface area contributed by atoms with Crippen LogP contribution in [0.3, 0.4) is 0 Å². The highest BCUT2D eigenvalue weighted by atomic mass is 32.1. The molecule has 0 aliphatic carbocycles. The minimum atomic E-state index is -0.687. The molecule has 132 valence electrons. The van der Waals surface area contributed by atoms with Crippen molar-refractivity contribution in [1.29, 1.82) is 0 Å². The Bertz CT molecular complexity index is 949. The monoisotopic (exact) mass is 362 g/mol. The fourth-order valence-electron chi connectivity index (χ4n) is 3.49. The molecular weight excluding hydrogens is 344 g/mol. The summed E-state index contributed by atoms with van der Waals surface area (Å²) in [6.07, 6.45) is 2.32. The molecule has 0 radical (unpaired) electrons. The Morgan fingerprint density at radius 1 is 1.40 bits per heavy atom. The van der Waals surface area contributed by atoms with Gasteiger partial charge in [-0.15, -0.1) is 11.3 Å². The van der Waals surface area contributed by atoms with Crippen LogP contribution in [0.15, 0.2) is 11.0 Å². The van der Waals surface area contributed by atoms with Gasteiger partial charge < -0.3 is 15.0 Å². The van der Waals surface area contributed by atoms with Gasteiger partial charge in [-0.1, -0.05) is 0 Å². The van der Waals surface area contributed by atoms with Crippen LogP contribution in [0.4, 0.5) is 4.79 Å². The number of ether oxygens (including phenoxy) is 1. The standard InChI is InChI=1S/C16H18N4O4S/c1-9-10(2)25-14-17-6-11(13(22)20(9)14)12(21)19-5-3-4-16(8-19)7-18-15(23)24-16/h6H,3-5,7-8H2,1-2H3,(H,18,23)/t16-/m0/s1. The molecule has 2 fully saturated rings. The number of nitrogens with one attached hydrogen (secondary N) is 1. The van der Waals surface area contributed by atoms with Gasteiger partial charge in [0.2, 0.25) is 0 Å². The maximum Gasteiger partial charge on any atom is 0.407 e. The van der Waals surface area contributed by atoms with Crippen molar-refractivity contribution in [3.63, 3.8) is 0 Å². The Balaban J connectivity index is 1.68. The number of hydrogen-bond acceptors (Lipinski definition) is 6. The van der Waals surface area contributed by atoms with Crippen molar-refractivity contribution >= 4 is 28.3 Å². The predicted molar refractivity (Wildman–Crippen MR) is 91.2 cm³/mol. The number of carbonyl (C=O) groups excluding carboxylic acids is 2.